The number of hydrogen-bond acceptors (Lipinski definition) is 3. The van der Waals surface area contributed by atoms with Gasteiger partial charge in [0.15, 0.2) is 0 Å². The molecule has 4 bridgehead atoms. The summed E-state index contributed by atoms with van der Waals surface area (Å²) in [6.07, 6.45) is 11.5. The van der Waals surface area contributed by atoms with Crippen LogP contribution in [0.25, 0.3) is 5.57 Å². The van der Waals surface area contributed by atoms with Crippen molar-refractivity contribution in [3.05, 3.63) is 69.7 Å². The van der Waals surface area contributed by atoms with Crippen LogP contribution in [-0.4, -0.2) is 17.7 Å². The van der Waals surface area contributed by atoms with E-state index >= 15 is 0 Å². The van der Waals surface area contributed by atoms with Crippen molar-refractivity contribution in [3.8, 4) is 5.75 Å². The molecule has 0 spiro atoms. The molecule has 0 heterocycles. The lowest BCUT2D eigenvalue weighted by atomic mass is 9.48. The van der Waals surface area contributed by atoms with Crippen molar-refractivity contribution < 1.29 is 14.6 Å². The molecule has 3 nitrogen and oxygen atoms in total. The van der Waals surface area contributed by atoms with E-state index in [2.05, 4.69) is 22.0 Å². The summed E-state index contributed by atoms with van der Waals surface area (Å²) in [4.78, 5) is 12.6. The van der Waals surface area contributed by atoms with E-state index in [4.69, 9.17) is 4.74 Å². The third-order valence-corrected chi connectivity index (χ3v) is 8.58. The number of carbonyl (C=O) groups excluding carboxylic acids is 1. The average molecular weight is 509 g/mol. The number of ether oxygens (including phenoxy) is 1. The van der Waals surface area contributed by atoms with E-state index in [0.717, 1.165) is 40.6 Å². The Kier molecular flexibility index (Phi) is 6.39. The van der Waals surface area contributed by atoms with Gasteiger partial charge >= 0.3 is 5.97 Å². The van der Waals surface area contributed by atoms with Gasteiger partial charge in [-0.05, 0) is 111 Å². The number of phenolic OH excluding ortho intramolecular Hbond substituents is 1. The molecule has 4 aliphatic rings. The minimum absolute atomic E-state index is 0.178. The molecule has 1 N–H and O–H groups in total. The monoisotopic (exact) mass is 508 g/mol. The first-order valence-electron chi connectivity index (χ1n) is 12.4. The van der Waals surface area contributed by atoms with Gasteiger partial charge in [-0.1, -0.05) is 46.3 Å². The quantitative estimate of drug-likeness (QED) is 0.317. The molecule has 2 aromatic rings. The van der Waals surface area contributed by atoms with Crippen LogP contribution in [0.3, 0.4) is 0 Å². The van der Waals surface area contributed by atoms with Crippen LogP contribution in [0.5, 0.6) is 5.75 Å². The number of aromatic hydroxyl groups is 1. The second-order valence-electron chi connectivity index (χ2n) is 10.4. The van der Waals surface area contributed by atoms with Gasteiger partial charge in [0, 0.05) is 10.0 Å². The van der Waals surface area contributed by atoms with Crippen LogP contribution in [0.1, 0.15) is 68.6 Å². The highest BCUT2D eigenvalue weighted by Crippen LogP contribution is 2.61. The summed E-state index contributed by atoms with van der Waals surface area (Å²) in [6.45, 7) is 2.19. The average Bonchev–Trinajstić information content (AvgIpc) is 2.77. The Hall–Kier alpha value is -2.07. The summed E-state index contributed by atoms with van der Waals surface area (Å²) >= 11 is 3.50. The van der Waals surface area contributed by atoms with Crippen LogP contribution < -0.4 is 0 Å². The van der Waals surface area contributed by atoms with Gasteiger partial charge in [0.2, 0.25) is 0 Å². The van der Waals surface area contributed by atoms with Crippen LogP contribution in [0.2, 0.25) is 0 Å². The normalized spacial score (nSPS) is 28.2. The maximum Gasteiger partial charge on any atom is 0.338 e. The smallest absolute Gasteiger partial charge is 0.338 e. The predicted molar refractivity (Wildman–Crippen MR) is 135 cm³/mol. The molecule has 6 rings (SSSR count). The Balaban J connectivity index is 1.36. The Morgan fingerprint density at radius 2 is 1.79 bits per heavy atom. The van der Waals surface area contributed by atoms with E-state index in [-0.39, 0.29) is 11.4 Å². The number of phenols is 1. The van der Waals surface area contributed by atoms with Crippen molar-refractivity contribution in [2.45, 2.75) is 63.7 Å². The number of carbonyl (C=O) groups is 1. The lowest BCUT2D eigenvalue weighted by molar-refractivity contribution is -0.136. The Morgan fingerprint density at radius 1 is 1.09 bits per heavy atom. The van der Waals surface area contributed by atoms with Crippen molar-refractivity contribution in [1.29, 1.82) is 0 Å². The number of benzene rings is 2. The molecule has 0 unspecified atom stereocenters. The molecule has 0 atom stereocenters. The largest absolute Gasteiger partial charge is 0.508 e. The lowest BCUT2D eigenvalue weighted by Gasteiger charge is -2.57. The van der Waals surface area contributed by atoms with Crippen LogP contribution in [0.4, 0.5) is 0 Å². The minimum atomic E-state index is -0.282. The molecule has 33 heavy (non-hydrogen) atoms. The van der Waals surface area contributed by atoms with Crippen molar-refractivity contribution in [1.82, 2.24) is 0 Å². The number of aryl methyl sites for hydroxylation is 1. The molecule has 4 saturated carbocycles. The van der Waals surface area contributed by atoms with Gasteiger partial charge in [0.05, 0.1) is 12.2 Å². The fraction of sp³-hybridized carbons (Fsp3) is 0.483. The van der Waals surface area contributed by atoms with Crippen molar-refractivity contribution in [3.63, 3.8) is 0 Å². The lowest BCUT2D eigenvalue weighted by Crippen LogP contribution is -2.48. The Bertz CT molecular complexity index is 1040. The second-order valence-corrected chi connectivity index (χ2v) is 11.4. The molecular formula is C29H33BrO3. The molecule has 174 valence electrons. The van der Waals surface area contributed by atoms with Crippen molar-refractivity contribution in [2.24, 2.45) is 17.8 Å². The highest BCUT2D eigenvalue weighted by atomic mass is 79.9. The van der Waals surface area contributed by atoms with E-state index in [0.29, 0.717) is 17.9 Å². The molecule has 0 aliphatic heterocycles. The fourth-order valence-corrected chi connectivity index (χ4v) is 7.57. The first-order chi connectivity index (χ1) is 16.0. The number of esters is 1. The van der Waals surface area contributed by atoms with Crippen LogP contribution in [-0.2, 0) is 21.4 Å². The number of halogens is 1. The van der Waals surface area contributed by atoms with Gasteiger partial charge in [-0.2, -0.15) is 0 Å². The van der Waals surface area contributed by atoms with E-state index in [1.807, 2.05) is 49.4 Å². The third kappa shape index (κ3) is 4.64. The molecular weight excluding hydrogens is 476 g/mol. The second kappa shape index (κ2) is 9.29. The molecule has 0 saturated heterocycles. The highest BCUT2D eigenvalue weighted by Gasteiger charge is 2.52. The molecule has 0 aromatic heterocycles. The van der Waals surface area contributed by atoms with Gasteiger partial charge in [-0.25, -0.2) is 4.79 Å². The maximum absolute atomic E-state index is 12.6. The molecule has 4 fully saturated rings. The summed E-state index contributed by atoms with van der Waals surface area (Å²) in [5.74, 6) is 2.73. The first kappa shape index (κ1) is 22.7. The summed E-state index contributed by atoms with van der Waals surface area (Å²) in [7, 11) is 0. The Morgan fingerprint density at radius 3 is 2.42 bits per heavy atom. The molecule has 4 aliphatic carbocycles. The molecule has 0 amide bonds. The SMILES string of the molecule is CCOC(=O)/C(=C/CCc1ccc(O)c(C23CC4CC(CC(C4)C2)C3)c1)c1cccc(Br)c1. The van der Waals surface area contributed by atoms with E-state index in [9.17, 15) is 9.90 Å². The molecule has 4 heteroatoms. The van der Waals surface area contributed by atoms with Crippen molar-refractivity contribution >= 4 is 27.5 Å². The van der Waals surface area contributed by atoms with Gasteiger partial charge in [0.1, 0.15) is 5.75 Å². The number of allylic oxidation sites excluding steroid dienone is 1. The standard InChI is InChI=1S/C29H33BrO3/c1-2-33-28(32)25(23-6-4-7-24(30)15-23)8-3-5-19-9-10-27(31)26(14-19)29-16-20-11-21(17-29)13-22(12-20)18-29/h4,6-10,14-15,20-22,31H,2-3,5,11-13,16-18H2,1H3/b25-8+. The van der Waals surface area contributed by atoms with Gasteiger partial charge < -0.3 is 9.84 Å². The number of rotatable bonds is 7. The van der Waals surface area contributed by atoms with Crippen LogP contribution in [0, 0.1) is 17.8 Å². The molecule has 2 aromatic carbocycles. The summed E-state index contributed by atoms with van der Waals surface area (Å²) in [5, 5.41) is 10.8. The zero-order chi connectivity index (χ0) is 23.0. The van der Waals surface area contributed by atoms with E-state index in [1.165, 1.54) is 49.7 Å². The third-order valence-electron chi connectivity index (χ3n) is 8.08. The van der Waals surface area contributed by atoms with Gasteiger partial charge in [0.25, 0.3) is 0 Å². The first-order valence-corrected chi connectivity index (χ1v) is 13.2. The maximum atomic E-state index is 12.6. The summed E-state index contributed by atoms with van der Waals surface area (Å²) in [5.41, 5.74) is 4.06. The highest BCUT2D eigenvalue weighted by molar-refractivity contribution is 9.10. The zero-order valence-corrected chi connectivity index (χ0v) is 20.9. The minimum Gasteiger partial charge on any atom is -0.508 e. The topological polar surface area (TPSA) is 46.5 Å². The summed E-state index contributed by atoms with van der Waals surface area (Å²) in [6, 6.07) is 14.0. The van der Waals surface area contributed by atoms with Crippen LogP contribution >= 0.6 is 15.9 Å². The van der Waals surface area contributed by atoms with E-state index < -0.39 is 0 Å². The van der Waals surface area contributed by atoms with E-state index in [1.54, 1.807) is 0 Å². The van der Waals surface area contributed by atoms with Gasteiger partial charge in [-0.15, -0.1) is 0 Å². The van der Waals surface area contributed by atoms with Crippen LogP contribution in [0.15, 0.2) is 53.0 Å². The van der Waals surface area contributed by atoms with Gasteiger partial charge in [-0.3, -0.25) is 0 Å². The number of hydrogen-bond donors (Lipinski definition) is 1. The molecule has 0 radical (unpaired) electrons. The van der Waals surface area contributed by atoms with Crippen molar-refractivity contribution in [2.75, 3.05) is 6.61 Å². The zero-order valence-electron chi connectivity index (χ0n) is 19.4. The predicted octanol–water partition coefficient (Wildman–Crippen LogP) is 7.20. The fourth-order valence-electron chi connectivity index (χ4n) is 7.17. The Labute approximate surface area is 205 Å². The summed E-state index contributed by atoms with van der Waals surface area (Å²) < 4.78 is 6.26.